The van der Waals surface area contributed by atoms with Gasteiger partial charge in [-0.1, -0.05) is 40.2 Å². The summed E-state index contributed by atoms with van der Waals surface area (Å²) in [6.45, 7) is 9.75. The summed E-state index contributed by atoms with van der Waals surface area (Å²) in [5.41, 5.74) is 1.72. The summed E-state index contributed by atoms with van der Waals surface area (Å²) < 4.78 is 69.8. The second-order valence-electron chi connectivity index (χ2n) is 13.1. The summed E-state index contributed by atoms with van der Waals surface area (Å²) >= 11 is 0. The fraction of sp³-hybridized carbons (Fsp3) is 0.815. The van der Waals surface area contributed by atoms with Crippen molar-refractivity contribution >= 4 is 26.4 Å². The minimum atomic E-state index is -4.88. The largest absolute Gasteiger partial charge is 1.00 e. The number of fused-ring (bicyclic) bond motifs is 3. The number of allylic oxidation sites excluding steroid dienone is 1. The Morgan fingerprint density at radius 3 is 2.41 bits per heavy atom. The Hall–Kier alpha value is -0.430. The Balaban J connectivity index is 0.00000420. The third kappa shape index (κ3) is 6.97. The molecule has 39 heavy (non-hydrogen) atoms. The minimum Gasteiger partial charge on any atom is -0.716 e. The first-order valence-electron chi connectivity index (χ1n) is 13.7. The van der Waals surface area contributed by atoms with Gasteiger partial charge in [0.05, 0.1) is 5.75 Å². The maximum absolute atomic E-state index is 12.9. The van der Waals surface area contributed by atoms with E-state index in [1.165, 1.54) is 24.2 Å². The number of carbonyl (C=O) groups is 1. The summed E-state index contributed by atoms with van der Waals surface area (Å²) in [6.07, 6.45) is 11.2. The second-order valence-corrected chi connectivity index (χ2v) is 15.7. The van der Waals surface area contributed by atoms with Gasteiger partial charge in [-0.2, -0.15) is 8.42 Å². The molecule has 0 unspecified atom stereocenters. The van der Waals surface area contributed by atoms with Crippen molar-refractivity contribution in [2.75, 3.05) is 18.8 Å². The van der Waals surface area contributed by atoms with E-state index in [1.54, 1.807) is 6.08 Å². The van der Waals surface area contributed by atoms with E-state index in [1.807, 2.05) is 0 Å². The van der Waals surface area contributed by atoms with E-state index >= 15 is 0 Å². The summed E-state index contributed by atoms with van der Waals surface area (Å²) in [5, 5.41) is 0. The van der Waals surface area contributed by atoms with Gasteiger partial charge in [0.2, 0.25) is 5.91 Å². The molecule has 9 nitrogen and oxygen atoms in total. The number of carbonyl (C=O) groups excluding carboxylic acids is 1. The SMILES string of the molecule is CC1(C)CCC[C@]2(C)[C@H]3CC/C(=C\OS(=O)(=O)[O-])[C@H](CCC4=CCN(CCS(=O)(=O)O)C4=O)[C@@]3(C)CC[C@@H]12.[Na+]. The van der Waals surface area contributed by atoms with Crippen LogP contribution >= 0.6 is 0 Å². The molecule has 1 N–H and O–H groups in total. The molecule has 1 aliphatic heterocycles. The van der Waals surface area contributed by atoms with Crippen LogP contribution < -0.4 is 29.6 Å². The molecule has 0 aromatic rings. The van der Waals surface area contributed by atoms with Gasteiger partial charge in [-0.25, -0.2) is 8.42 Å². The molecule has 216 valence electrons. The van der Waals surface area contributed by atoms with Crippen LogP contribution in [0.2, 0.25) is 0 Å². The number of nitrogens with zero attached hydrogens (tertiary/aromatic N) is 1. The van der Waals surface area contributed by atoms with Gasteiger partial charge in [-0.05, 0) is 90.9 Å². The topological polar surface area (TPSA) is 141 Å². The molecule has 3 aliphatic carbocycles. The number of amides is 1. The predicted octanol–water partition coefficient (Wildman–Crippen LogP) is 1.45. The Bertz CT molecular complexity index is 1230. The van der Waals surface area contributed by atoms with Crippen LogP contribution in [-0.4, -0.2) is 55.6 Å². The molecular formula is C27H42NNaO8S2. The molecule has 0 aromatic carbocycles. The average molecular weight is 596 g/mol. The predicted molar refractivity (Wildman–Crippen MR) is 142 cm³/mol. The first-order chi connectivity index (χ1) is 17.5. The Morgan fingerprint density at radius 1 is 1.08 bits per heavy atom. The smallest absolute Gasteiger partial charge is 0.716 e. The Kier molecular flexibility index (Phi) is 9.91. The number of hydrogen-bond donors (Lipinski definition) is 1. The molecule has 3 saturated carbocycles. The van der Waals surface area contributed by atoms with E-state index in [0.29, 0.717) is 43.2 Å². The van der Waals surface area contributed by atoms with Crippen LogP contribution in [-0.2, 0) is 29.5 Å². The van der Waals surface area contributed by atoms with E-state index in [0.717, 1.165) is 31.1 Å². The van der Waals surface area contributed by atoms with Crippen LogP contribution in [0.4, 0.5) is 0 Å². The van der Waals surface area contributed by atoms with E-state index in [4.69, 9.17) is 4.55 Å². The molecule has 12 heteroatoms. The maximum atomic E-state index is 12.9. The van der Waals surface area contributed by atoms with Gasteiger partial charge in [0.25, 0.3) is 20.5 Å². The summed E-state index contributed by atoms with van der Waals surface area (Å²) in [7, 11) is -9.04. The molecular weight excluding hydrogens is 553 g/mol. The van der Waals surface area contributed by atoms with Gasteiger partial charge in [-0.15, -0.1) is 0 Å². The van der Waals surface area contributed by atoms with Crippen molar-refractivity contribution < 1.29 is 64.5 Å². The third-order valence-corrected chi connectivity index (χ3v) is 11.6. The zero-order valence-corrected chi connectivity index (χ0v) is 27.6. The third-order valence-electron chi connectivity index (χ3n) is 10.6. The molecule has 5 atom stereocenters. The van der Waals surface area contributed by atoms with Crippen LogP contribution in [0.1, 0.15) is 85.5 Å². The van der Waals surface area contributed by atoms with Crippen LogP contribution in [0.5, 0.6) is 0 Å². The van der Waals surface area contributed by atoms with Crippen molar-refractivity contribution in [2.45, 2.75) is 85.5 Å². The maximum Gasteiger partial charge on any atom is 1.00 e. The summed E-state index contributed by atoms with van der Waals surface area (Å²) in [5.74, 6) is 0.249. The Morgan fingerprint density at radius 2 is 1.77 bits per heavy atom. The summed E-state index contributed by atoms with van der Waals surface area (Å²) in [6, 6.07) is 0. The normalized spacial score (nSPS) is 35.6. The number of rotatable bonds is 8. The van der Waals surface area contributed by atoms with Gasteiger partial charge >= 0.3 is 29.6 Å². The Labute approximate surface area is 256 Å². The molecule has 0 bridgehead atoms. The molecule has 0 saturated heterocycles. The van der Waals surface area contributed by atoms with E-state index in [9.17, 15) is 26.2 Å². The van der Waals surface area contributed by atoms with Gasteiger partial charge < -0.3 is 13.6 Å². The van der Waals surface area contributed by atoms with E-state index in [2.05, 4.69) is 31.9 Å². The van der Waals surface area contributed by atoms with Crippen molar-refractivity contribution in [3.8, 4) is 0 Å². The van der Waals surface area contributed by atoms with Gasteiger partial charge in [0.1, 0.15) is 6.26 Å². The molecule has 4 aliphatic rings. The van der Waals surface area contributed by atoms with Crippen LogP contribution in [0.3, 0.4) is 0 Å². The quantitative estimate of drug-likeness (QED) is 0.192. The van der Waals surface area contributed by atoms with E-state index < -0.39 is 26.3 Å². The fourth-order valence-electron chi connectivity index (χ4n) is 8.97. The molecule has 1 heterocycles. The van der Waals surface area contributed by atoms with Gasteiger partial charge in [-0.3, -0.25) is 9.35 Å². The molecule has 0 radical (unpaired) electrons. The summed E-state index contributed by atoms with van der Waals surface area (Å²) in [4.78, 5) is 14.3. The van der Waals surface area contributed by atoms with Crippen molar-refractivity contribution in [1.29, 1.82) is 0 Å². The average Bonchev–Trinajstić information content (AvgIpc) is 3.12. The molecule has 0 spiro atoms. The molecule has 3 fully saturated rings. The van der Waals surface area contributed by atoms with Crippen LogP contribution in [0.25, 0.3) is 0 Å². The monoisotopic (exact) mass is 595 g/mol. The molecule has 0 aromatic heterocycles. The van der Waals surface area contributed by atoms with Crippen molar-refractivity contribution in [3.05, 3.63) is 23.5 Å². The zero-order chi connectivity index (χ0) is 28.1. The van der Waals surface area contributed by atoms with Gasteiger partial charge in [0, 0.05) is 18.7 Å². The number of hydrogen-bond acceptors (Lipinski definition) is 7. The second kappa shape index (κ2) is 11.7. The van der Waals surface area contributed by atoms with Crippen molar-refractivity contribution in [1.82, 2.24) is 4.90 Å². The first kappa shape index (κ1) is 33.1. The van der Waals surface area contributed by atoms with Crippen LogP contribution in [0, 0.1) is 34.0 Å². The van der Waals surface area contributed by atoms with Crippen molar-refractivity contribution in [2.24, 2.45) is 34.0 Å². The van der Waals surface area contributed by atoms with E-state index in [-0.39, 0.29) is 64.2 Å². The molecule has 4 rings (SSSR count). The minimum absolute atomic E-state index is 0. The molecule has 1 amide bonds. The zero-order valence-electron chi connectivity index (χ0n) is 23.9. The first-order valence-corrected chi connectivity index (χ1v) is 16.7. The van der Waals surface area contributed by atoms with Crippen LogP contribution in [0.15, 0.2) is 23.5 Å². The van der Waals surface area contributed by atoms with Crippen molar-refractivity contribution in [3.63, 3.8) is 0 Å². The standard InChI is InChI=1S/C27H43NO8S2.Na/c1-25(2)12-5-13-27(4)22(25)10-14-26(3)21(20(7-9-23(26)27)18-36-38(33,34)35)8-6-19-11-15-28(24(19)29)16-17-37(30,31)32;/h11,18,21-23H,5-10,12-17H2,1-4H3,(H,30,31,32)(H,33,34,35);/q;+1/p-1/b20-18+;/t21-,22-,23-,26+,27-;/m0./s1. The van der Waals surface area contributed by atoms with Gasteiger partial charge in [0.15, 0.2) is 0 Å². The fourth-order valence-corrected chi connectivity index (χ4v) is 9.66.